The first-order valence-corrected chi connectivity index (χ1v) is 7.69. The van der Waals surface area contributed by atoms with Gasteiger partial charge in [0.15, 0.2) is 11.5 Å². The quantitative estimate of drug-likeness (QED) is 0.770. The van der Waals surface area contributed by atoms with Gasteiger partial charge in [-0.3, -0.25) is 9.69 Å². The standard InChI is InChI=1S/C17H23N3O3/c1-13(21)11-18-17(22)16-10-15(23-19-16)12-20(2)9-8-14-6-4-3-5-7-14/h3-7,10,13,21H,8-9,11-12H2,1-2H3,(H,18,22)/t13-/m0/s1. The van der Waals surface area contributed by atoms with Gasteiger partial charge in [0.05, 0.1) is 12.6 Å². The first kappa shape index (κ1) is 17.2. The smallest absolute Gasteiger partial charge is 0.273 e. The van der Waals surface area contributed by atoms with Gasteiger partial charge in [0.25, 0.3) is 5.91 Å². The average molecular weight is 317 g/mol. The molecule has 0 saturated carbocycles. The third kappa shape index (κ3) is 5.84. The lowest BCUT2D eigenvalue weighted by molar-refractivity contribution is 0.0915. The van der Waals surface area contributed by atoms with Crippen LogP contribution in [0, 0.1) is 0 Å². The van der Waals surface area contributed by atoms with Crippen LogP contribution in [0.5, 0.6) is 0 Å². The molecule has 1 aromatic heterocycles. The number of carbonyl (C=O) groups excluding carboxylic acids is 1. The minimum Gasteiger partial charge on any atom is -0.392 e. The number of nitrogens with one attached hydrogen (secondary N) is 1. The maximum Gasteiger partial charge on any atom is 0.273 e. The second-order valence-corrected chi connectivity index (χ2v) is 5.71. The summed E-state index contributed by atoms with van der Waals surface area (Å²) >= 11 is 0. The SMILES string of the molecule is C[C@H](O)CNC(=O)c1cc(CN(C)CCc2ccccc2)on1. The molecule has 2 aromatic rings. The van der Waals surface area contributed by atoms with Crippen molar-refractivity contribution in [3.63, 3.8) is 0 Å². The minimum atomic E-state index is -0.588. The highest BCUT2D eigenvalue weighted by Gasteiger charge is 2.14. The highest BCUT2D eigenvalue weighted by Crippen LogP contribution is 2.08. The van der Waals surface area contributed by atoms with Crippen molar-refractivity contribution in [1.29, 1.82) is 0 Å². The lowest BCUT2D eigenvalue weighted by Gasteiger charge is -2.14. The monoisotopic (exact) mass is 317 g/mol. The summed E-state index contributed by atoms with van der Waals surface area (Å²) in [5.41, 5.74) is 1.52. The Kier molecular flexibility index (Phi) is 6.31. The van der Waals surface area contributed by atoms with Gasteiger partial charge in [-0.15, -0.1) is 0 Å². The van der Waals surface area contributed by atoms with Crippen LogP contribution in [0.1, 0.15) is 28.7 Å². The number of nitrogens with zero attached hydrogens (tertiary/aromatic N) is 2. The van der Waals surface area contributed by atoms with E-state index in [-0.39, 0.29) is 18.1 Å². The third-order valence-electron chi connectivity index (χ3n) is 3.40. The second kappa shape index (κ2) is 8.45. The summed E-state index contributed by atoms with van der Waals surface area (Å²) in [4.78, 5) is 13.9. The van der Waals surface area contributed by atoms with Crippen molar-refractivity contribution < 1.29 is 14.4 Å². The van der Waals surface area contributed by atoms with Crippen LogP contribution in [0.15, 0.2) is 40.9 Å². The number of hydrogen-bond acceptors (Lipinski definition) is 5. The largest absolute Gasteiger partial charge is 0.392 e. The first-order chi connectivity index (χ1) is 11.0. The van der Waals surface area contributed by atoms with Crippen molar-refractivity contribution in [2.24, 2.45) is 0 Å². The van der Waals surface area contributed by atoms with Crippen molar-refractivity contribution >= 4 is 5.91 Å². The summed E-state index contributed by atoms with van der Waals surface area (Å²) in [6, 6.07) is 11.9. The molecular formula is C17H23N3O3. The number of hydrogen-bond donors (Lipinski definition) is 2. The molecule has 1 amide bonds. The molecular weight excluding hydrogens is 294 g/mol. The van der Waals surface area contributed by atoms with Crippen molar-refractivity contribution in [3.05, 3.63) is 53.4 Å². The number of rotatable bonds is 8. The fourth-order valence-corrected chi connectivity index (χ4v) is 2.14. The van der Waals surface area contributed by atoms with Gasteiger partial charge >= 0.3 is 0 Å². The van der Waals surface area contributed by atoms with Gasteiger partial charge in [0.1, 0.15) is 0 Å². The highest BCUT2D eigenvalue weighted by molar-refractivity contribution is 5.92. The molecule has 1 aromatic carbocycles. The van der Waals surface area contributed by atoms with E-state index in [1.807, 2.05) is 25.2 Å². The molecule has 0 spiro atoms. The second-order valence-electron chi connectivity index (χ2n) is 5.71. The van der Waals surface area contributed by atoms with Crippen LogP contribution in [0.25, 0.3) is 0 Å². The van der Waals surface area contributed by atoms with Crippen molar-refractivity contribution in [3.8, 4) is 0 Å². The van der Waals surface area contributed by atoms with Gasteiger partial charge in [0, 0.05) is 19.2 Å². The fourth-order valence-electron chi connectivity index (χ4n) is 2.14. The van der Waals surface area contributed by atoms with E-state index in [0.29, 0.717) is 12.3 Å². The molecule has 0 unspecified atom stereocenters. The first-order valence-electron chi connectivity index (χ1n) is 7.69. The topological polar surface area (TPSA) is 78.6 Å². The van der Waals surface area contributed by atoms with Crippen LogP contribution in [-0.4, -0.2) is 47.3 Å². The summed E-state index contributed by atoms with van der Waals surface area (Å²) in [6.45, 7) is 3.27. The number of aliphatic hydroxyl groups excluding tert-OH is 1. The van der Waals surface area contributed by atoms with E-state index in [4.69, 9.17) is 9.63 Å². The summed E-state index contributed by atoms with van der Waals surface area (Å²) < 4.78 is 5.20. The number of likely N-dealkylation sites (N-methyl/N-ethyl adjacent to an activating group) is 1. The van der Waals surface area contributed by atoms with E-state index in [1.165, 1.54) is 5.56 Å². The van der Waals surface area contributed by atoms with Crippen LogP contribution in [-0.2, 0) is 13.0 Å². The fraction of sp³-hybridized carbons (Fsp3) is 0.412. The maximum atomic E-state index is 11.8. The van der Waals surface area contributed by atoms with Crippen LogP contribution in [0.2, 0.25) is 0 Å². The van der Waals surface area contributed by atoms with Crippen molar-refractivity contribution in [2.45, 2.75) is 26.0 Å². The predicted molar refractivity (Wildman–Crippen MR) is 87.0 cm³/mol. The van der Waals surface area contributed by atoms with Gasteiger partial charge < -0.3 is 14.9 Å². The van der Waals surface area contributed by atoms with Gasteiger partial charge in [0.2, 0.25) is 0 Å². The van der Waals surface area contributed by atoms with Gasteiger partial charge in [-0.05, 0) is 26.0 Å². The lowest BCUT2D eigenvalue weighted by atomic mass is 10.1. The summed E-state index contributed by atoms with van der Waals surface area (Å²) in [5, 5.41) is 15.5. The van der Waals surface area contributed by atoms with Crippen LogP contribution < -0.4 is 5.32 Å². The van der Waals surface area contributed by atoms with Gasteiger partial charge in [-0.25, -0.2) is 0 Å². The normalized spacial score (nSPS) is 12.3. The van der Waals surface area contributed by atoms with E-state index in [0.717, 1.165) is 13.0 Å². The Bertz CT molecular complexity index is 611. The lowest BCUT2D eigenvalue weighted by Crippen LogP contribution is -2.30. The van der Waals surface area contributed by atoms with Crippen molar-refractivity contribution in [1.82, 2.24) is 15.4 Å². The minimum absolute atomic E-state index is 0.192. The van der Waals surface area contributed by atoms with E-state index in [2.05, 4.69) is 27.5 Å². The summed E-state index contributed by atoms with van der Waals surface area (Å²) in [7, 11) is 2.00. The molecule has 1 heterocycles. The van der Waals surface area contributed by atoms with Crippen molar-refractivity contribution in [2.75, 3.05) is 20.1 Å². The Morgan fingerprint density at radius 1 is 1.39 bits per heavy atom. The summed E-state index contributed by atoms with van der Waals surface area (Å²) in [5.74, 6) is 0.301. The molecule has 124 valence electrons. The number of aliphatic hydroxyl groups is 1. The van der Waals surface area contributed by atoms with Gasteiger partial charge in [-0.1, -0.05) is 35.5 Å². The molecule has 0 radical (unpaired) electrons. The molecule has 0 saturated heterocycles. The number of amides is 1. The van der Waals surface area contributed by atoms with E-state index < -0.39 is 6.10 Å². The Labute approximate surface area is 136 Å². The number of carbonyl (C=O) groups is 1. The molecule has 23 heavy (non-hydrogen) atoms. The third-order valence-corrected chi connectivity index (χ3v) is 3.40. The molecule has 6 heteroatoms. The number of aromatic nitrogens is 1. The Hall–Kier alpha value is -2.18. The molecule has 0 aliphatic heterocycles. The average Bonchev–Trinajstić information content (AvgIpc) is 3.00. The zero-order chi connectivity index (χ0) is 16.7. The summed E-state index contributed by atoms with van der Waals surface area (Å²) in [6.07, 6.45) is 0.363. The zero-order valence-electron chi connectivity index (χ0n) is 13.5. The van der Waals surface area contributed by atoms with E-state index >= 15 is 0 Å². The molecule has 0 bridgehead atoms. The van der Waals surface area contributed by atoms with Crippen LogP contribution >= 0.6 is 0 Å². The molecule has 0 fully saturated rings. The zero-order valence-corrected chi connectivity index (χ0v) is 13.5. The maximum absolute atomic E-state index is 11.8. The number of benzene rings is 1. The Morgan fingerprint density at radius 2 is 2.13 bits per heavy atom. The van der Waals surface area contributed by atoms with E-state index in [1.54, 1.807) is 13.0 Å². The molecule has 2 N–H and O–H groups in total. The van der Waals surface area contributed by atoms with E-state index in [9.17, 15) is 4.79 Å². The Morgan fingerprint density at radius 3 is 2.83 bits per heavy atom. The molecule has 2 rings (SSSR count). The van der Waals surface area contributed by atoms with Crippen LogP contribution in [0.4, 0.5) is 0 Å². The molecule has 0 aliphatic rings. The highest BCUT2D eigenvalue weighted by atomic mass is 16.5. The molecule has 6 nitrogen and oxygen atoms in total. The molecule has 0 aliphatic carbocycles. The van der Waals surface area contributed by atoms with Gasteiger partial charge in [-0.2, -0.15) is 0 Å². The predicted octanol–water partition coefficient (Wildman–Crippen LogP) is 1.46. The van der Waals surface area contributed by atoms with Crippen LogP contribution in [0.3, 0.4) is 0 Å². The molecule has 1 atom stereocenters. The Balaban J connectivity index is 1.80.